The zero-order valence-electron chi connectivity index (χ0n) is 10.6. The maximum atomic E-state index is 11.9. The van der Waals surface area contributed by atoms with Gasteiger partial charge in [-0.25, -0.2) is 9.59 Å². The molecule has 2 aromatic rings. The van der Waals surface area contributed by atoms with Crippen molar-refractivity contribution in [1.29, 1.82) is 0 Å². The summed E-state index contributed by atoms with van der Waals surface area (Å²) < 4.78 is 10.2. The smallest absolute Gasteiger partial charge is 0.349 e. The Morgan fingerprint density at radius 1 is 1.10 bits per heavy atom. The third kappa shape index (κ3) is 2.92. The van der Waals surface area contributed by atoms with Gasteiger partial charge in [0.25, 0.3) is 0 Å². The lowest BCUT2D eigenvalue weighted by Crippen LogP contribution is -2.26. The molecule has 20 heavy (non-hydrogen) atoms. The van der Waals surface area contributed by atoms with Crippen LogP contribution in [0.5, 0.6) is 5.75 Å². The highest BCUT2D eigenvalue weighted by Crippen LogP contribution is 2.19. The molecule has 0 N–H and O–H groups in total. The van der Waals surface area contributed by atoms with Crippen LogP contribution in [-0.2, 0) is 4.74 Å². The van der Waals surface area contributed by atoms with Crippen LogP contribution >= 0.6 is 0 Å². The standard InChI is InChI=1S/C14H11NO5/c1-19-14(17)11-6-2-3-7-12(11)20-13(16)10-5-4-8-15(18)9-10/h2-9H,1H3. The van der Waals surface area contributed by atoms with E-state index in [4.69, 9.17) is 4.74 Å². The van der Waals surface area contributed by atoms with Gasteiger partial charge >= 0.3 is 11.9 Å². The highest BCUT2D eigenvalue weighted by Gasteiger charge is 2.17. The number of esters is 2. The number of carbonyl (C=O) groups excluding carboxylic acids is 2. The van der Waals surface area contributed by atoms with E-state index in [1.807, 2.05) is 0 Å². The number of pyridine rings is 1. The lowest BCUT2D eigenvalue weighted by molar-refractivity contribution is -0.605. The second kappa shape index (κ2) is 5.83. The van der Waals surface area contributed by atoms with E-state index < -0.39 is 11.9 Å². The molecule has 0 spiro atoms. The van der Waals surface area contributed by atoms with Crippen molar-refractivity contribution in [2.45, 2.75) is 0 Å². The molecule has 0 aliphatic rings. The van der Waals surface area contributed by atoms with Gasteiger partial charge < -0.3 is 14.7 Å². The first-order valence-corrected chi connectivity index (χ1v) is 5.70. The first kappa shape index (κ1) is 13.5. The third-order valence-electron chi connectivity index (χ3n) is 2.51. The largest absolute Gasteiger partial charge is 0.619 e. The molecule has 0 amide bonds. The normalized spacial score (nSPS) is 9.85. The summed E-state index contributed by atoms with van der Waals surface area (Å²) in [4.78, 5) is 23.4. The highest BCUT2D eigenvalue weighted by atomic mass is 16.5. The van der Waals surface area contributed by atoms with Crippen LogP contribution in [0.4, 0.5) is 0 Å². The summed E-state index contributed by atoms with van der Waals surface area (Å²) in [5.41, 5.74) is 0.219. The van der Waals surface area contributed by atoms with Crippen molar-refractivity contribution < 1.29 is 23.8 Å². The molecule has 0 saturated heterocycles. The van der Waals surface area contributed by atoms with E-state index in [9.17, 15) is 14.8 Å². The molecule has 102 valence electrons. The van der Waals surface area contributed by atoms with Crippen LogP contribution in [0, 0.1) is 5.21 Å². The number of para-hydroxylation sites is 1. The Hall–Kier alpha value is -2.89. The molecular weight excluding hydrogens is 262 g/mol. The predicted octanol–water partition coefficient (Wildman–Crippen LogP) is 1.33. The van der Waals surface area contributed by atoms with Crippen LogP contribution in [0.3, 0.4) is 0 Å². The summed E-state index contributed by atoms with van der Waals surface area (Å²) in [6.45, 7) is 0. The van der Waals surface area contributed by atoms with Crippen molar-refractivity contribution in [2.75, 3.05) is 7.11 Å². The molecule has 0 unspecified atom stereocenters. The molecule has 0 aliphatic carbocycles. The van der Waals surface area contributed by atoms with Crippen molar-refractivity contribution in [3.05, 3.63) is 65.1 Å². The average molecular weight is 273 g/mol. The molecule has 0 bridgehead atoms. The minimum atomic E-state index is -0.730. The maximum absolute atomic E-state index is 11.9. The molecule has 0 atom stereocenters. The molecule has 1 aromatic carbocycles. The number of benzene rings is 1. The molecule has 1 aromatic heterocycles. The molecule has 0 aliphatic heterocycles. The minimum Gasteiger partial charge on any atom is -0.619 e. The zero-order valence-corrected chi connectivity index (χ0v) is 10.6. The highest BCUT2D eigenvalue weighted by molar-refractivity contribution is 5.95. The molecule has 6 heteroatoms. The Balaban J connectivity index is 2.26. The van der Waals surface area contributed by atoms with Gasteiger partial charge in [-0.2, -0.15) is 4.73 Å². The maximum Gasteiger partial charge on any atom is 0.349 e. The third-order valence-corrected chi connectivity index (χ3v) is 2.51. The van der Waals surface area contributed by atoms with Gasteiger partial charge in [0.05, 0.1) is 7.11 Å². The molecule has 0 fully saturated rings. The summed E-state index contributed by atoms with van der Waals surface area (Å²) in [7, 11) is 1.23. The molecule has 0 radical (unpaired) electrons. The SMILES string of the molecule is COC(=O)c1ccccc1OC(=O)c1ccc[n+]([O-])c1. The van der Waals surface area contributed by atoms with E-state index in [0.29, 0.717) is 4.73 Å². The molecule has 2 rings (SSSR count). The number of ether oxygens (including phenoxy) is 2. The minimum absolute atomic E-state index is 0.0747. The fourth-order valence-electron chi connectivity index (χ4n) is 1.57. The van der Waals surface area contributed by atoms with Crippen LogP contribution in [0.2, 0.25) is 0 Å². The molecule has 1 heterocycles. The molecule has 6 nitrogen and oxygen atoms in total. The predicted molar refractivity (Wildman–Crippen MR) is 68.1 cm³/mol. The van der Waals surface area contributed by atoms with Crippen LogP contribution in [0.15, 0.2) is 48.8 Å². The number of hydrogen-bond donors (Lipinski definition) is 0. The lowest BCUT2D eigenvalue weighted by atomic mass is 10.2. The van der Waals surface area contributed by atoms with Crippen molar-refractivity contribution in [3.63, 3.8) is 0 Å². The zero-order chi connectivity index (χ0) is 14.5. The van der Waals surface area contributed by atoms with Gasteiger partial charge in [0.2, 0.25) is 0 Å². The average Bonchev–Trinajstić information content (AvgIpc) is 2.47. The van der Waals surface area contributed by atoms with E-state index in [1.54, 1.807) is 12.1 Å². The topological polar surface area (TPSA) is 79.5 Å². The number of aromatic nitrogens is 1. The summed E-state index contributed by atoms with van der Waals surface area (Å²) in [6.07, 6.45) is 2.34. The van der Waals surface area contributed by atoms with Crippen LogP contribution in [0.1, 0.15) is 20.7 Å². The summed E-state index contributed by atoms with van der Waals surface area (Å²) in [5, 5.41) is 11.1. The number of rotatable bonds is 3. The van der Waals surface area contributed by atoms with E-state index in [2.05, 4.69) is 4.74 Å². The van der Waals surface area contributed by atoms with Gasteiger partial charge in [-0.05, 0) is 18.2 Å². The van der Waals surface area contributed by atoms with Gasteiger partial charge in [-0.1, -0.05) is 12.1 Å². The van der Waals surface area contributed by atoms with E-state index >= 15 is 0 Å². The second-order valence-electron chi connectivity index (χ2n) is 3.83. The Morgan fingerprint density at radius 3 is 2.55 bits per heavy atom. The van der Waals surface area contributed by atoms with Gasteiger partial charge in [0.15, 0.2) is 12.4 Å². The van der Waals surface area contributed by atoms with Gasteiger partial charge in [-0.15, -0.1) is 0 Å². The lowest BCUT2D eigenvalue weighted by Gasteiger charge is -2.08. The van der Waals surface area contributed by atoms with Crippen molar-refractivity contribution in [2.24, 2.45) is 0 Å². The van der Waals surface area contributed by atoms with Crippen molar-refractivity contribution >= 4 is 11.9 Å². The van der Waals surface area contributed by atoms with E-state index in [-0.39, 0.29) is 16.9 Å². The summed E-state index contributed by atoms with van der Waals surface area (Å²) in [5.74, 6) is -1.27. The number of methoxy groups -OCH3 is 1. The van der Waals surface area contributed by atoms with Crippen LogP contribution < -0.4 is 9.47 Å². The number of carbonyl (C=O) groups is 2. The Labute approximate surface area is 114 Å². The summed E-state index contributed by atoms with van der Waals surface area (Å²) in [6, 6.07) is 9.06. The van der Waals surface area contributed by atoms with Crippen LogP contribution in [0.25, 0.3) is 0 Å². The Bertz CT molecular complexity index is 654. The first-order chi connectivity index (χ1) is 9.61. The Morgan fingerprint density at radius 2 is 1.85 bits per heavy atom. The number of nitrogens with zero attached hydrogens (tertiary/aromatic N) is 1. The fourth-order valence-corrected chi connectivity index (χ4v) is 1.57. The van der Waals surface area contributed by atoms with Gasteiger partial charge in [0.1, 0.15) is 16.9 Å². The summed E-state index contributed by atoms with van der Waals surface area (Å²) >= 11 is 0. The monoisotopic (exact) mass is 273 g/mol. The van der Waals surface area contributed by atoms with Crippen molar-refractivity contribution in [1.82, 2.24) is 0 Å². The quantitative estimate of drug-likeness (QED) is 0.365. The van der Waals surface area contributed by atoms with E-state index in [1.165, 1.54) is 37.6 Å². The van der Waals surface area contributed by atoms with Crippen molar-refractivity contribution in [3.8, 4) is 5.75 Å². The van der Waals surface area contributed by atoms with Crippen LogP contribution in [-0.4, -0.2) is 19.0 Å². The fraction of sp³-hybridized carbons (Fsp3) is 0.0714. The molecule has 0 saturated carbocycles. The first-order valence-electron chi connectivity index (χ1n) is 5.70. The van der Waals surface area contributed by atoms with Gasteiger partial charge in [-0.3, -0.25) is 0 Å². The number of hydrogen-bond acceptors (Lipinski definition) is 5. The molecular formula is C14H11NO5. The van der Waals surface area contributed by atoms with Gasteiger partial charge in [0, 0.05) is 6.07 Å². The van der Waals surface area contributed by atoms with E-state index in [0.717, 1.165) is 6.20 Å². The second-order valence-corrected chi connectivity index (χ2v) is 3.83. The Kier molecular flexibility index (Phi) is 3.95.